The number of likely N-dealkylation sites (tertiary alicyclic amines) is 1. The van der Waals surface area contributed by atoms with Gasteiger partial charge in [-0.1, -0.05) is 55.3 Å². The van der Waals surface area contributed by atoms with Crippen LogP contribution >= 0.6 is 11.8 Å². The maximum atomic E-state index is 14.0. The normalized spacial score (nSPS) is 18.5. The molecule has 3 aliphatic rings. The Balaban J connectivity index is 1.11. The molecule has 1 saturated carbocycles. The van der Waals surface area contributed by atoms with Gasteiger partial charge in [-0.05, 0) is 37.5 Å². The second-order valence-corrected chi connectivity index (χ2v) is 12.9. The summed E-state index contributed by atoms with van der Waals surface area (Å²) in [5, 5.41) is 10.2. The highest BCUT2D eigenvalue weighted by Gasteiger charge is 2.37. The summed E-state index contributed by atoms with van der Waals surface area (Å²) in [7, 11) is 0. The van der Waals surface area contributed by atoms with Gasteiger partial charge in [0, 0.05) is 50.1 Å². The van der Waals surface area contributed by atoms with Crippen LogP contribution in [0.1, 0.15) is 55.8 Å². The van der Waals surface area contributed by atoms with Crippen LogP contribution in [0.25, 0.3) is 5.69 Å². The van der Waals surface area contributed by atoms with E-state index >= 15 is 0 Å². The Labute approximate surface area is 255 Å². The molecule has 3 aromatic rings. The Morgan fingerprint density at radius 1 is 1.09 bits per heavy atom. The molecule has 1 aliphatic carbocycles. The highest BCUT2D eigenvalue weighted by Crippen LogP contribution is 2.34. The number of ether oxygens (including phenoxy) is 1. The zero-order chi connectivity index (χ0) is 29.9. The first-order valence-electron chi connectivity index (χ1n) is 15.1. The molecule has 2 aromatic heterocycles. The van der Waals surface area contributed by atoms with Crippen molar-refractivity contribution in [3.63, 3.8) is 0 Å². The molecule has 4 heterocycles. The van der Waals surface area contributed by atoms with E-state index in [1.54, 1.807) is 28.6 Å². The van der Waals surface area contributed by atoms with Crippen molar-refractivity contribution in [2.24, 2.45) is 5.92 Å². The lowest BCUT2D eigenvalue weighted by molar-refractivity contribution is -0.144. The second-order valence-electron chi connectivity index (χ2n) is 11.7. The third-order valence-electron chi connectivity index (χ3n) is 8.50. The number of pyridine rings is 1. The summed E-state index contributed by atoms with van der Waals surface area (Å²) in [4.78, 5) is 51.7. The Bertz CT molecular complexity index is 1520. The predicted octanol–water partition coefficient (Wildman–Crippen LogP) is 3.92. The third-order valence-corrected chi connectivity index (χ3v) is 9.79. The quantitative estimate of drug-likeness (QED) is 0.363. The minimum absolute atomic E-state index is 0.0695. The lowest BCUT2D eigenvalue weighted by Gasteiger charge is -2.41. The molecule has 0 bridgehead atoms. The summed E-state index contributed by atoms with van der Waals surface area (Å²) in [5.41, 5.74) is 3.15. The summed E-state index contributed by atoms with van der Waals surface area (Å²) in [6.07, 6.45) is 7.30. The van der Waals surface area contributed by atoms with Gasteiger partial charge in [0.25, 0.3) is 5.56 Å². The van der Waals surface area contributed by atoms with Gasteiger partial charge in [-0.15, -0.1) is 0 Å². The molecule has 1 saturated heterocycles. The van der Waals surface area contributed by atoms with Crippen molar-refractivity contribution in [3.05, 3.63) is 75.8 Å². The molecule has 226 valence electrons. The van der Waals surface area contributed by atoms with Gasteiger partial charge < -0.3 is 14.7 Å². The minimum Gasteiger partial charge on any atom is -0.479 e. The summed E-state index contributed by atoms with van der Waals surface area (Å²) in [6, 6.07) is 13.2. The number of thioether (sulfide) groups is 1. The second kappa shape index (κ2) is 12.9. The third kappa shape index (κ3) is 6.62. The van der Waals surface area contributed by atoms with E-state index in [2.05, 4.69) is 9.88 Å². The lowest BCUT2D eigenvalue weighted by Crippen LogP contribution is -2.55. The monoisotopic (exact) mass is 603 g/mol. The van der Waals surface area contributed by atoms with Crippen LogP contribution in [0.15, 0.2) is 58.6 Å². The standard InChI is InChI=1S/C32H37N5O5S/c1-21(31(40)41)42-28-13-12-22(16-33-28)17-35-18-23(19-35)29(38)36-15-14-27-26(20-36)30(39)37(24-8-4-2-5-9-24)32(34-27)43-25-10-6-3-7-11-25/h2,4-5,8-9,12-13,16,21,23,25H,3,6-7,10-11,14-15,17-20H2,1H3,(H,40,41). The molecular formula is C32H37N5O5S. The summed E-state index contributed by atoms with van der Waals surface area (Å²) < 4.78 is 7.05. The van der Waals surface area contributed by atoms with Crippen molar-refractivity contribution in [3.8, 4) is 11.6 Å². The lowest BCUT2D eigenvalue weighted by atomic mass is 9.96. The van der Waals surface area contributed by atoms with Crippen molar-refractivity contribution in [2.75, 3.05) is 19.6 Å². The molecule has 1 N–H and O–H groups in total. The van der Waals surface area contributed by atoms with Crippen LogP contribution in [0, 0.1) is 5.92 Å². The first kappa shape index (κ1) is 29.4. The van der Waals surface area contributed by atoms with Crippen molar-refractivity contribution in [1.82, 2.24) is 24.3 Å². The number of benzene rings is 1. The summed E-state index contributed by atoms with van der Waals surface area (Å²) in [5.74, 6) is -0.811. The molecule has 0 radical (unpaired) electrons. The topological polar surface area (TPSA) is 118 Å². The molecule has 11 heteroatoms. The van der Waals surface area contributed by atoms with Crippen LogP contribution < -0.4 is 10.3 Å². The van der Waals surface area contributed by atoms with Crippen LogP contribution in [0.2, 0.25) is 0 Å². The highest BCUT2D eigenvalue weighted by molar-refractivity contribution is 7.99. The number of amides is 1. The number of carboxylic acid groups (broad SMARTS) is 1. The van der Waals surface area contributed by atoms with Gasteiger partial charge in [0.05, 0.1) is 29.4 Å². The maximum absolute atomic E-state index is 14.0. The van der Waals surface area contributed by atoms with E-state index < -0.39 is 12.1 Å². The molecule has 1 amide bonds. The van der Waals surface area contributed by atoms with Gasteiger partial charge in [0.2, 0.25) is 11.8 Å². The van der Waals surface area contributed by atoms with Crippen LogP contribution in [0.5, 0.6) is 5.88 Å². The van der Waals surface area contributed by atoms with E-state index in [1.807, 2.05) is 41.3 Å². The van der Waals surface area contributed by atoms with Gasteiger partial charge in [0.1, 0.15) is 0 Å². The number of para-hydroxylation sites is 1. The first-order chi connectivity index (χ1) is 20.9. The minimum atomic E-state index is -1.05. The van der Waals surface area contributed by atoms with E-state index in [4.69, 9.17) is 14.8 Å². The molecular weight excluding hydrogens is 566 g/mol. The number of aromatic nitrogens is 3. The van der Waals surface area contributed by atoms with Crippen LogP contribution in [0.4, 0.5) is 0 Å². The van der Waals surface area contributed by atoms with E-state index in [9.17, 15) is 14.4 Å². The number of nitrogens with zero attached hydrogens (tertiary/aromatic N) is 5. The number of fused-ring (bicyclic) bond motifs is 1. The number of hydrogen-bond donors (Lipinski definition) is 1. The van der Waals surface area contributed by atoms with Gasteiger partial charge in [-0.3, -0.25) is 19.1 Å². The van der Waals surface area contributed by atoms with E-state index in [1.165, 1.54) is 26.2 Å². The average Bonchev–Trinajstić information content (AvgIpc) is 3.00. The first-order valence-corrected chi connectivity index (χ1v) is 16.0. The zero-order valence-electron chi connectivity index (χ0n) is 24.4. The average molecular weight is 604 g/mol. The Morgan fingerprint density at radius 3 is 2.56 bits per heavy atom. The predicted molar refractivity (Wildman–Crippen MR) is 162 cm³/mol. The largest absolute Gasteiger partial charge is 0.479 e. The van der Waals surface area contributed by atoms with Gasteiger partial charge in [-0.25, -0.2) is 14.8 Å². The highest BCUT2D eigenvalue weighted by atomic mass is 32.2. The number of carboxylic acids is 1. The number of carbonyl (C=O) groups excluding carboxylic acids is 1. The molecule has 2 fully saturated rings. The smallest absolute Gasteiger partial charge is 0.344 e. The van der Waals surface area contributed by atoms with Gasteiger partial charge in [0.15, 0.2) is 11.3 Å². The molecule has 1 unspecified atom stereocenters. The molecule has 2 aliphatic heterocycles. The van der Waals surface area contributed by atoms with E-state index in [0.29, 0.717) is 43.4 Å². The molecule has 10 nitrogen and oxygen atoms in total. The Morgan fingerprint density at radius 2 is 1.86 bits per heavy atom. The summed E-state index contributed by atoms with van der Waals surface area (Å²) >= 11 is 1.73. The number of aliphatic carboxylic acids is 1. The number of hydrogen-bond acceptors (Lipinski definition) is 8. The Kier molecular flexibility index (Phi) is 8.80. The molecule has 0 spiro atoms. The fraction of sp³-hybridized carbons (Fsp3) is 0.469. The molecule has 1 aromatic carbocycles. The zero-order valence-corrected chi connectivity index (χ0v) is 25.2. The Hall–Kier alpha value is -3.70. The number of carbonyl (C=O) groups is 2. The van der Waals surface area contributed by atoms with Gasteiger partial charge in [-0.2, -0.15) is 0 Å². The van der Waals surface area contributed by atoms with Crippen LogP contribution in [0.3, 0.4) is 0 Å². The summed E-state index contributed by atoms with van der Waals surface area (Å²) in [6.45, 7) is 4.23. The van der Waals surface area contributed by atoms with Crippen molar-refractivity contribution >= 4 is 23.6 Å². The molecule has 43 heavy (non-hydrogen) atoms. The number of rotatable bonds is 9. The SMILES string of the molecule is CC(Oc1ccc(CN2CC(C(=O)N3CCc4nc(SC5CCCCC5)n(-c5ccccc5)c(=O)c4C3)C2)cn1)C(=O)O. The van der Waals surface area contributed by atoms with Gasteiger partial charge >= 0.3 is 5.97 Å². The fourth-order valence-corrected chi connectivity index (χ4v) is 7.36. The fourth-order valence-electron chi connectivity index (χ4n) is 6.04. The van der Waals surface area contributed by atoms with Crippen molar-refractivity contribution in [2.45, 2.75) is 75.0 Å². The molecule has 1 atom stereocenters. The van der Waals surface area contributed by atoms with Crippen molar-refractivity contribution < 1.29 is 19.4 Å². The van der Waals surface area contributed by atoms with Crippen LogP contribution in [-0.2, 0) is 29.1 Å². The molecule has 6 rings (SSSR count). The van der Waals surface area contributed by atoms with E-state index in [-0.39, 0.29) is 29.8 Å². The van der Waals surface area contributed by atoms with Crippen molar-refractivity contribution in [1.29, 1.82) is 0 Å². The van der Waals surface area contributed by atoms with E-state index in [0.717, 1.165) is 34.9 Å². The maximum Gasteiger partial charge on any atom is 0.344 e. The van der Waals surface area contributed by atoms with Crippen LogP contribution in [-0.4, -0.2) is 72.3 Å².